The van der Waals surface area contributed by atoms with Gasteiger partial charge in [0.05, 0.1) is 0 Å². The van der Waals surface area contributed by atoms with Crippen LogP contribution >= 0.6 is 0 Å². The number of amides is 1. The molecule has 1 fully saturated rings. The molecule has 0 bridgehead atoms. The van der Waals surface area contributed by atoms with E-state index in [9.17, 15) is 22.8 Å². The molecule has 1 saturated carbocycles. The van der Waals surface area contributed by atoms with Crippen LogP contribution in [0.3, 0.4) is 0 Å². The van der Waals surface area contributed by atoms with Gasteiger partial charge in [0.15, 0.2) is 0 Å². The summed E-state index contributed by atoms with van der Waals surface area (Å²) >= 11 is 0. The summed E-state index contributed by atoms with van der Waals surface area (Å²) in [5, 5.41) is 9.08. The number of carboxylic acids is 1. The molecule has 8 heteroatoms. The van der Waals surface area contributed by atoms with E-state index in [4.69, 9.17) is 9.84 Å². The standard InChI is InChI=1S/C15H16F3NO4/c1-14(12(20)21,15(16,17)18)19(11-7-8-11)13(22)23-9-10-5-3-2-4-6-10/h2-6,11H,7-9H2,1H3,(H,20,21). The van der Waals surface area contributed by atoms with Crippen LogP contribution in [0.2, 0.25) is 0 Å². The van der Waals surface area contributed by atoms with Crippen LogP contribution in [0.5, 0.6) is 0 Å². The average Bonchev–Trinajstić information content (AvgIpc) is 3.29. The summed E-state index contributed by atoms with van der Waals surface area (Å²) in [7, 11) is 0. The van der Waals surface area contributed by atoms with E-state index in [1.807, 2.05) is 0 Å². The number of rotatable bonds is 5. The molecule has 0 radical (unpaired) electrons. The molecule has 1 aromatic rings. The quantitative estimate of drug-likeness (QED) is 0.900. The van der Waals surface area contributed by atoms with Crippen LogP contribution in [-0.2, 0) is 16.1 Å². The molecule has 1 aliphatic rings. The van der Waals surface area contributed by atoms with Crippen molar-refractivity contribution in [2.45, 2.75) is 44.1 Å². The Hall–Kier alpha value is -2.25. The maximum atomic E-state index is 13.3. The summed E-state index contributed by atoms with van der Waals surface area (Å²) in [5.41, 5.74) is -2.72. The molecule has 2 rings (SSSR count). The Labute approximate surface area is 130 Å². The van der Waals surface area contributed by atoms with E-state index in [2.05, 4.69) is 0 Å². The van der Waals surface area contributed by atoms with Gasteiger partial charge >= 0.3 is 18.2 Å². The highest BCUT2D eigenvalue weighted by Crippen LogP contribution is 2.42. The van der Waals surface area contributed by atoms with Crippen molar-refractivity contribution >= 4 is 12.1 Å². The van der Waals surface area contributed by atoms with Crippen molar-refractivity contribution in [2.24, 2.45) is 0 Å². The zero-order chi connectivity index (χ0) is 17.3. The monoisotopic (exact) mass is 331 g/mol. The minimum Gasteiger partial charge on any atom is -0.479 e. The van der Waals surface area contributed by atoms with Crippen LogP contribution in [0.25, 0.3) is 0 Å². The fraction of sp³-hybridized carbons (Fsp3) is 0.467. The Morgan fingerprint density at radius 3 is 2.26 bits per heavy atom. The summed E-state index contributed by atoms with van der Waals surface area (Å²) in [4.78, 5) is 23.7. The zero-order valence-corrected chi connectivity index (χ0v) is 12.3. The van der Waals surface area contributed by atoms with Gasteiger partial charge in [-0.15, -0.1) is 0 Å². The van der Waals surface area contributed by atoms with E-state index in [0.29, 0.717) is 30.2 Å². The topological polar surface area (TPSA) is 66.8 Å². The van der Waals surface area contributed by atoms with Gasteiger partial charge in [0.25, 0.3) is 0 Å². The van der Waals surface area contributed by atoms with Crippen LogP contribution in [0, 0.1) is 0 Å². The molecule has 1 unspecified atom stereocenters. The Kier molecular flexibility index (Phi) is 4.53. The first kappa shape index (κ1) is 17.1. The van der Waals surface area contributed by atoms with Crippen molar-refractivity contribution in [3.05, 3.63) is 35.9 Å². The van der Waals surface area contributed by atoms with E-state index in [0.717, 1.165) is 0 Å². The minimum absolute atomic E-state index is 0.226. The molecule has 1 aliphatic carbocycles. The molecule has 126 valence electrons. The Bertz CT molecular complexity index is 586. The van der Waals surface area contributed by atoms with Gasteiger partial charge in [-0.3, -0.25) is 4.90 Å². The molecule has 23 heavy (non-hydrogen) atoms. The highest BCUT2D eigenvalue weighted by molar-refractivity contribution is 5.85. The number of carbonyl (C=O) groups is 2. The van der Waals surface area contributed by atoms with Crippen molar-refractivity contribution in [3.63, 3.8) is 0 Å². The van der Waals surface area contributed by atoms with Crippen LogP contribution in [0.15, 0.2) is 30.3 Å². The molecule has 0 aromatic heterocycles. The number of carbonyl (C=O) groups excluding carboxylic acids is 1. The summed E-state index contributed by atoms with van der Waals surface area (Å²) in [6, 6.07) is 7.65. The highest BCUT2D eigenvalue weighted by atomic mass is 19.4. The molecule has 0 spiro atoms. The number of aliphatic carboxylic acids is 1. The molecule has 5 nitrogen and oxygen atoms in total. The third kappa shape index (κ3) is 3.40. The van der Waals surface area contributed by atoms with Gasteiger partial charge in [-0.05, 0) is 25.3 Å². The average molecular weight is 331 g/mol. The van der Waals surface area contributed by atoms with Crippen LogP contribution in [-0.4, -0.2) is 39.8 Å². The number of alkyl halides is 3. The molecule has 1 aromatic carbocycles. The lowest BCUT2D eigenvalue weighted by molar-refractivity contribution is -0.229. The van der Waals surface area contributed by atoms with Gasteiger partial charge in [0.1, 0.15) is 6.61 Å². The van der Waals surface area contributed by atoms with Crippen molar-refractivity contribution in [3.8, 4) is 0 Å². The first-order valence-electron chi connectivity index (χ1n) is 6.98. The summed E-state index contributed by atoms with van der Waals surface area (Å²) in [5.74, 6) is -2.13. The fourth-order valence-electron chi connectivity index (χ4n) is 2.18. The molecular formula is C15H16F3NO4. The lowest BCUT2D eigenvalue weighted by atomic mass is 9.99. The van der Waals surface area contributed by atoms with Crippen molar-refractivity contribution in [2.75, 3.05) is 0 Å². The maximum absolute atomic E-state index is 13.3. The summed E-state index contributed by atoms with van der Waals surface area (Å²) in [6.07, 6.45) is -5.76. The number of hydrogen-bond acceptors (Lipinski definition) is 3. The summed E-state index contributed by atoms with van der Waals surface area (Å²) < 4.78 is 44.8. The number of nitrogens with zero attached hydrogens (tertiary/aromatic N) is 1. The first-order chi connectivity index (χ1) is 10.7. The highest BCUT2D eigenvalue weighted by Gasteiger charge is 2.65. The number of ether oxygens (including phenoxy) is 1. The lowest BCUT2D eigenvalue weighted by Gasteiger charge is -2.38. The van der Waals surface area contributed by atoms with Gasteiger partial charge in [0.2, 0.25) is 5.54 Å². The third-order valence-corrected chi connectivity index (χ3v) is 3.76. The molecule has 0 saturated heterocycles. The lowest BCUT2D eigenvalue weighted by Crippen LogP contribution is -2.64. The van der Waals surface area contributed by atoms with Gasteiger partial charge in [0, 0.05) is 6.04 Å². The number of halogens is 3. The van der Waals surface area contributed by atoms with Crippen LogP contribution in [0.1, 0.15) is 25.3 Å². The van der Waals surface area contributed by atoms with Crippen LogP contribution < -0.4 is 0 Å². The first-order valence-corrected chi connectivity index (χ1v) is 6.98. The Balaban J connectivity index is 2.20. The Morgan fingerprint density at radius 2 is 1.83 bits per heavy atom. The molecule has 0 heterocycles. The third-order valence-electron chi connectivity index (χ3n) is 3.76. The zero-order valence-electron chi connectivity index (χ0n) is 12.3. The van der Waals surface area contributed by atoms with Crippen LogP contribution in [0.4, 0.5) is 18.0 Å². The fourth-order valence-corrected chi connectivity index (χ4v) is 2.18. The van der Waals surface area contributed by atoms with E-state index in [-0.39, 0.29) is 6.61 Å². The van der Waals surface area contributed by atoms with Crippen molar-refractivity contribution < 1.29 is 32.6 Å². The normalized spacial score (nSPS) is 17.2. The molecule has 1 N–H and O–H groups in total. The SMILES string of the molecule is CC(C(=O)O)(N(C(=O)OCc1ccccc1)C1CC1)C(F)(F)F. The number of carboxylic acid groups (broad SMARTS) is 1. The predicted octanol–water partition coefficient (Wildman–Crippen LogP) is 3.19. The molecular weight excluding hydrogens is 315 g/mol. The van der Waals surface area contributed by atoms with E-state index in [1.54, 1.807) is 30.3 Å². The van der Waals surface area contributed by atoms with Gasteiger partial charge in [-0.1, -0.05) is 30.3 Å². The second-order valence-corrected chi connectivity index (χ2v) is 5.52. The van der Waals surface area contributed by atoms with Gasteiger partial charge < -0.3 is 9.84 Å². The van der Waals surface area contributed by atoms with E-state index < -0.39 is 29.8 Å². The van der Waals surface area contributed by atoms with Gasteiger partial charge in [-0.25, -0.2) is 9.59 Å². The number of benzene rings is 1. The maximum Gasteiger partial charge on any atom is 0.422 e. The van der Waals surface area contributed by atoms with E-state index in [1.165, 1.54) is 0 Å². The molecule has 0 aliphatic heterocycles. The predicted molar refractivity (Wildman–Crippen MR) is 73.6 cm³/mol. The second-order valence-electron chi connectivity index (χ2n) is 5.52. The Morgan fingerprint density at radius 1 is 1.26 bits per heavy atom. The van der Waals surface area contributed by atoms with E-state index >= 15 is 0 Å². The largest absolute Gasteiger partial charge is 0.479 e. The minimum atomic E-state index is -5.12. The summed E-state index contributed by atoms with van der Waals surface area (Å²) in [6.45, 7) is 0.258. The second kappa shape index (κ2) is 6.10. The smallest absolute Gasteiger partial charge is 0.422 e. The van der Waals surface area contributed by atoms with Crippen molar-refractivity contribution in [1.82, 2.24) is 4.90 Å². The number of hydrogen-bond donors (Lipinski definition) is 1. The van der Waals surface area contributed by atoms with Gasteiger partial charge in [-0.2, -0.15) is 13.2 Å². The molecule has 1 atom stereocenters. The van der Waals surface area contributed by atoms with Crippen molar-refractivity contribution in [1.29, 1.82) is 0 Å². The molecule has 1 amide bonds.